The molecule has 0 saturated carbocycles. The molecule has 0 N–H and O–H groups in total. The van der Waals surface area contributed by atoms with E-state index < -0.39 is 0 Å². The Labute approximate surface area is 158 Å². The van der Waals surface area contributed by atoms with Crippen LogP contribution in [0.15, 0.2) is 50.4 Å². The van der Waals surface area contributed by atoms with Crippen LogP contribution in [0.4, 0.5) is 5.69 Å². The Morgan fingerprint density at radius 2 is 2.17 bits per heavy atom. The van der Waals surface area contributed by atoms with Crippen molar-refractivity contribution in [2.45, 2.75) is 6.54 Å². The Morgan fingerprint density at radius 3 is 2.79 bits per heavy atom. The number of nitrogens with zero attached hydrogens (tertiary/aromatic N) is 2. The van der Waals surface area contributed by atoms with Crippen LogP contribution in [0.3, 0.4) is 0 Å². The number of thiocarbonyl (C=S) groups is 1. The van der Waals surface area contributed by atoms with Gasteiger partial charge in [0.05, 0.1) is 23.4 Å². The SMILES string of the molecule is CN(C)c1ccc(/C=C2/SC(=S)N(Cc3ccco3)C2=O)cc1Br. The molecule has 4 nitrogen and oxygen atoms in total. The molecule has 0 spiro atoms. The van der Waals surface area contributed by atoms with Crippen LogP contribution in [0.1, 0.15) is 11.3 Å². The maximum atomic E-state index is 12.6. The zero-order valence-corrected chi connectivity index (χ0v) is 16.4. The van der Waals surface area contributed by atoms with E-state index in [4.69, 9.17) is 16.6 Å². The number of rotatable bonds is 4. The molecule has 2 aromatic rings. The number of benzene rings is 1. The predicted octanol–water partition coefficient (Wildman–Crippen LogP) is 4.51. The van der Waals surface area contributed by atoms with Gasteiger partial charge < -0.3 is 9.32 Å². The van der Waals surface area contributed by atoms with Crippen molar-refractivity contribution < 1.29 is 9.21 Å². The number of carbonyl (C=O) groups is 1. The van der Waals surface area contributed by atoms with Crippen molar-refractivity contribution in [3.8, 4) is 0 Å². The molecule has 0 aliphatic carbocycles. The van der Waals surface area contributed by atoms with E-state index in [9.17, 15) is 4.79 Å². The summed E-state index contributed by atoms with van der Waals surface area (Å²) in [5, 5.41) is 0. The number of hydrogen-bond donors (Lipinski definition) is 0. The molecule has 124 valence electrons. The zero-order valence-electron chi connectivity index (χ0n) is 13.2. The molecule has 0 bridgehead atoms. The molecule has 1 aromatic heterocycles. The maximum absolute atomic E-state index is 12.6. The lowest BCUT2D eigenvalue weighted by Crippen LogP contribution is -2.27. The van der Waals surface area contributed by atoms with Gasteiger partial charge in [0.15, 0.2) is 0 Å². The molecule has 0 atom stereocenters. The molecular weight excluding hydrogens is 408 g/mol. The van der Waals surface area contributed by atoms with E-state index in [1.165, 1.54) is 11.8 Å². The lowest BCUT2D eigenvalue weighted by Gasteiger charge is -2.14. The Kier molecular flexibility index (Phi) is 5.12. The van der Waals surface area contributed by atoms with Crippen LogP contribution in [-0.2, 0) is 11.3 Å². The lowest BCUT2D eigenvalue weighted by molar-refractivity contribution is -0.122. The first kappa shape index (κ1) is 17.3. The van der Waals surface area contributed by atoms with Crippen LogP contribution < -0.4 is 4.90 Å². The summed E-state index contributed by atoms with van der Waals surface area (Å²) in [4.78, 5) is 16.8. The third kappa shape index (κ3) is 3.58. The van der Waals surface area contributed by atoms with Gasteiger partial charge in [0.25, 0.3) is 5.91 Å². The molecule has 0 unspecified atom stereocenters. The molecule has 2 heterocycles. The summed E-state index contributed by atoms with van der Waals surface area (Å²) in [5.41, 5.74) is 2.03. The number of thioether (sulfide) groups is 1. The Bertz CT molecular complexity index is 816. The van der Waals surface area contributed by atoms with Crippen molar-refractivity contribution in [1.29, 1.82) is 0 Å². The second-order valence-corrected chi connectivity index (χ2v) is 7.98. The highest BCUT2D eigenvalue weighted by Gasteiger charge is 2.32. The number of anilines is 1. The third-order valence-corrected chi connectivity index (χ3v) is 5.53. The van der Waals surface area contributed by atoms with Crippen molar-refractivity contribution >= 4 is 61.9 Å². The molecule has 1 fully saturated rings. The number of halogens is 1. The first-order valence-corrected chi connectivity index (χ1v) is 9.22. The van der Waals surface area contributed by atoms with Crippen molar-refractivity contribution in [1.82, 2.24) is 4.90 Å². The van der Waals surface area contributed by atoms with E-state index in [1.54, 1.807) is 17.2 Å². The van der Waals surface area contributed by atoms with Crippen molar-refractivity contribution in [2.24, 2.45) is 0 Å². The third-order valence-electron chi connectivity index (χ3n) is 3.52. The van der Waals surface area contributed by atoms with E-state index in [0.29, 0.717) is 21.5 Å². The van der Waals surface area contributed by atoms with Crippen LogP contribution in [0.5, 0.6) is 0 Å². The number of amides is 1. The van der Waals surface area contributed by atoms with E-state index in [-0.39, 0.29) is 5.91 Å². The van der Waals surface area contributed by atoms with Crippen LogP contribution >= 0.6 is 39.9 Å². The fourth-order valence-corrected chi connectivity index (χ4v) is 4.33. The molecular formula is C17H15BrN2O2S2. The molecule has 1 amide bonds. The van der Waals surface area contributed by atoms with Crippen LogP contribution in [-0.4, -0.2) is 29.2 Å². The highest BCUT2D eigenvalue weighted by atomic mass is 79.9. The lowest BCUT2D eigenvalue weighted by atomic mass is 10.2. The highest BCUT2D eigenvalue weighted by Crippen LogP contribution is 2.34. The predicted molar refractivity (Wildman–Crippen MR) is 106 cm³/mol. The van der Waals surface area contributed by atoms with E-state index in [0.717, 1.165) is 15.7 Å². The van der Waals surface area contributed by atoms with Gasteiger partial charge in [0.1, 0.15) is 10.1 Å². The van der Waals surface area contributed by atoms with Gasteiger partial charge in [-0.3, -0.25) is 9.69 Å². The van der Waals surface area contributed by atoms with E-state index in [1.807, 2.05) is 49.3 Å². The first-order valence-electron chi connectivity index (χ1n) is 7.20. The summed E-state index contributed by atoms with van der Waals surface area (Å²) in [6.45, 7) is 0.359. The van der Waals surface area contributed by atoms with Gasteiger partial charge in [-0.1, -0.05) is 30.0 Å². The Hall–Kier alpha value is -1.57. The minimum atomic E-state index is -0.0887. The van der Waals surface area contributed by atoms with Gasteiger partial charge in [-0.05, 0) is 51.8 Å². The standard InChI is InChI=1S/C17H15BrN2O2S2/c1-19(2)14-6-5-11(8-13(14)18)9-15-16(21)20(17(23)24-15)10-12-4-3-7-22-12/h3-9H,10H2,1-2H3/b15-9+. The number of carbonyl (C=O) groups excluding carboxylic acids is 1. The summed E-state index contributed by atoms with van der Waals surface area (Å²) in [6, 6.07) is 9.62. The normalized spacial score (nSPS) is 16.3. The Morgan fingerprint density at radius 1 is 1.38 bits per heavy atom. The van der Waals surface area contributed by atoms with Crippen molar-refractivity contribution in [2.75, 3.05) is 19.0 Å². The Balaban J connectivity index is 1.82. The maximum Gasteiger partial charge on any atom is 0.266 e. The van der Waals surface area contributed by atoms with Crippen molar-refractivity contribution in [3.63, 3.8) is 0 Å². The summed E-state index contributed by atoms with van der Waals surface area (Å²) < 4.78 is 6.83. The molecule has 1 saturated heterocycles. The van der Waals surface area contributed by atoms with Crippen molar-refractivity contribution in [3.05, 3.63) is 57.3 Å². The summed E-state index contributed by atoms with van der Waals surface area (Å²) >= 11 is 10.2. The average molecular weight is 423 g/mol. The second-order valence-electron chi connectivity index (χ2n) is 5.45. The van der Waals surface area contributed by atoms with Crippen LogP contribution in [0.2, 0.25) is 0 Å². The van der Waals surface area contributed by atoms with Crippen LogP contribution in [0.25, 0.3) is 6.08 Å². The smallest absolute Gasteiger partial charge is 0.266 e. The monoisotopic (exact) mass is 422 g/mol. The summed E-state index contributed by atoms with van der Waals surface area (Å²) in [7, 11) is 3.97. The summed E-state index contributed by atoms with van der Waals surface area (Å²) in [6.07, 6.45) is 3.46. The first-order chi connectivity index (χ1) is 11.5. The molecule has 0 radical (unpaired) electrons. The molecule has 24 heavy (non-hydrogen) atoms. The van der Waals surface area contributed by atoms with E-state index in [2.05, 4.69) is 15.9 Å². The topological polar surface area (TPSA) is 36.7 Å². The quantitative estimate of drug-likeness (QED) is 0.534. The molecule has 1 aliphatic heterocycles. The largest absolute Gasteiger partial charge is 0.467 e. The van der Waals surface area contributed by atoms with Gasteiger partial charge in [-0.15, -0.1) is 0 Å². The number of furan rings is 1. The van der Waals surface area contributed by atoms with E-state index >= 15 is 0 Å². The molecule has 1 aliphatic rings. The molecule has 1 aromatic carbocycles. The summed E-state index contributed by atoms with van der Waals surface area (Å²) in [5.74, 6) is 0.625. The zero-order chi connectivity index (χ0) is 17.3. The van der Waals surface area contributed by atoms with Gasteiger partial charge in [-0.2, -0.15) is 0 Å². The molecule has 3 rings (SSSR count). The molecule has 7 heteroatoms. The van der Waals surface area contributed by atoms with Gasteiger partial charge >= 0.3 is 0 Å². The van der Waals surface area contributed by atoms with Gasteiger partial charge in [-0.25, -0.2) is 0 Å². The second kappa shape index (κ2) is 7.13. The van der Waals surface area contributed by atoms with Gasteiger partial charge in [0.2, 0.25) is 0 Å². The average Bonchev–Trinajstić information content (AvgIpc) is 3.12. The highest BCUT2D eigenvalue weighted by molar-refractivity contribution is 9.10. The minimum absolute atomic E-state index is 0.0887. The fraction of sp³-hybridized carbons (Fsp3) is 0.176. The minimum Gasteiger partial charge on any atom is -0.467 e. The van der Waals surface area contributed by atoms with Gasteiger partial charge in [0, 0.05) is 18.6 Å². The van der Waals surface area contributed by atoms with Crippen LogP contribution in [0, 0.1) is 0 Å². The fourth-order valence-electron chi connectivity index (χ4n) is 2.32. The number of hydrogen-bond acceptors (Lipinski definition) is 5.